The molecule has 9 aromatic rings. The van der Waals surface area contributed by atoms with Gasteiger partial charge in [-0.15, -0.1) is 0 Å². The zero-order valence-electron chi connectivity index (χ0n) is 25.9. The van der Waals surface area contributed by atoms with E-state index in [9.17, 15) is 0 Å². The van der Waals surface area contributed by atoms with Crippen LogP contribution in [0.4, 0.5) is 0 Å². The van der Waals surface area contributed by atoms with Gasteiger partial charge in [0, 0.05) is 46.2 Å². The number of para-hydroxylation sites is 3. The molecule has 0 spiro atoms. The van der Waals surface area contributed by atoms with Gasteiger partial charge >= 0.3 is 0 Å². The summed E-state index contributed by atoms with van der Waals surface area (Å²) in [5, 5.41) is 2.43. The number of imidazole rings is 1. The minimum atomic E-state index is 0.932. The molecule has 4 heteroatoms. The molecule has 0 aliphatic heterocycles. The molecule has 0 saturated carbocycles. The van der Waals surface area contributed by atoms with E-state index >= 15 is 0 Å². The number of fused-ring (bicyclic) bond motifs is 4. The number of benzene rings is 6. The van der Waals surface area contributed by atoms with E-state index in [0.29, 0.717) is 0 Å². The highest BCUT2D eigenvalue weighted by Crippen LogP contribution is 2.39. The summed E-state index contributed by atoms with van der Waals surface area (Å²) in [5.74, 6) is 0.932. The molecular weight excluding hydrogens is 573 g/mol. The van der Waals surface area contributed by atoms with Crippen molar-refractivity contribution in [2.75, 3.05) is 0 Å². The molecule has 0 saturated heterocycles. The fourth-order valence-electron chi connectivity index (χ4n) is 6.87. The van der Waals surface area contributed by atoms with Gasteiger partial charge in [0.2, 0.25) is 0 Å². The maximum atomic E-state index is 5.37. The van der Waals surface area contributed by atoms with Crippen LogP contribution < -0.4 is 0 Å². The summed E-state index contributed by atoms with van der Waals surface area (Å²) < 4.78 is 2.21. The number of hydrogen-bond acceptors (Lipinski definition) is 2. The third-order valence-corrected chi connectivity index (χ3v) is 9.21. The average molecular weight is 603 g/mol. The molecule has 47 heavy (non-hydrogen) atoms. The second kappa shape index (κ2) is 11.0. The second-order valence-corrected chi connectivity index (χ2v) is 12.0. The monoisotopic (exact) mass is 602 g/mol. The third kappa shape index (κ3) is 4.62. The molecule has 0 atom stereocenters. The van der Waals surface area contributed by atoms with Crippen molar-refractivity contribution in [3.05, 3.63) is 158 Å². The number of nitrogens with one attached hydrogen (secondary N) is 1. The molecular formula is C43H30N4. The van der Waals surface area contributed by atoms with Gasteiger partial charge in [0.05, 0.1) is 22.2 Å². The molecule has 4 nitrogen and oxygen atoms in total. The molecule has 9 rings (SSSR count). The molecule has 0 aliphatic rings. The lowest BCUT2D eigenvalue weighted by Crippen LogP contribution is -1.93. The molecule has 0 radical (unpaired) electrons. The Hall–Kier alpha value is -6.26. The van der Waals surface area contributed by atoms with Crippen LogP contribution in [0.5, 0.6) is 0 Å². The number of aromatic nitrogens is 4. The maximum absolute atomic E-state index is 5.37. The summed E-state index contributed by atoms with van der Waals surface area (Å²) in [4.78, 5) is 13.9. The first-order valence-electron chi connectivity index (χ1n) is 15.9. The number of pyridine rings is 1. The summed E-state index contributed by atoms with van der Waals surface area (Å²) in [7, 11) is 2.11. The zero-order chi connectivity index (χ0) is 31.3. The van der Waals surface area contributed by atoms with Crippen molar-refractivity contribution in [2.45, 2.75) is 0 Å². The maximum Gasteiger partial charge on any atom is 0.143 e. The SMILES string of the molecule is Cn1c(-c2cccc3c2[nH]c2ccccc23)nc2c(-c3cc(-c4ccccc4)cc(-c4cc(-c5ccccc5)ccn4)c3)cccc21. The largest absolute Gasteiger partial charge is 0.354 e. The van der Waals surface area contributed by atoms with Crippen molar-refractivity contribution in [2.24, 2.45) is 7.05 Å². The van der Waals surface area contributed by atoms with Crippen molar-refractivity contribution in [3.63, 3.8) is 0 Å². The number of hydrogen-bond donors (Lipinski definition) is 1. The smallest absolute Gasteiger partial charge is 0.143 e. The minimum Gasteiger partial charge on any atom is -0.354 e. The van der Waals surface area contributed by atoms with Gasteiger partial charge in [-0.2, -0.15) is 0 Å². The lowest BCUT2D eigenvalue weighted by atomic mass is 9.93. The molecule has 222 valence electrons. The van der Waals surface area contributed by atoms with Crippen LogP contribution in [-0.2, 0) is 7.05 Å². The van der Waals surface area contributed by atoms with Crippen molar-refractivity contribution in [1.82, 2.24) is 19.5 Å². The Balaban J connectivity index is 1.24. The topological polar surface area (TPSA) is 46.5 Å². The molecule has 3 heterocycles. The van der Waals surface area contributed by atoms with Gasteiger partial charge in [-0.1, -0.05) is 103 Å². The van der Waals surface area contributed by atoms with E-state index in [1.54, 1.807) is 0 Å². The molecule has 1 N–H and O–H groups in total. The summed E-state index contributed by atoms with van der Waals surface area (Å²) in [6.07, 6.45) is 1.91. The van der Waals surface area contributed by atoms with Crippen molar-refractivity contribution < 1.29 is 0 Å². The first-order chi connectivity index (χ1) is 23.2. The molecule has 3 aromatic heterocycles. The summed E-state index contributed by atoms with van der Waals surface area (Å²) >= 11 is 0. The van der Waals surface area contributed by atoms with Crippen LogP contribution in [0, 0.1) is 0 Å². The highest BCUT2D eigenvalue weighted by Gasteiger charge is 2.18. The Morgan fingerprint density at radius 3 is 2.00 bits per heavy atom. The van der Waals surface area contributed by atoms with Crippen LogP contribution >= 0.6 is 0 Å². The fourth-order valence-corrected chi connectivity index (χ4v) is 6.87. The van der Waals surface area contributed by atoms with Crippen LogP contribution in [0.2, 0.25) is 0 Å². The van der Waals surface area contributed by atoms with Crippen LogP contribution in [-0.4, -0.2) is 19.5 Å². The van der Waals surface area contributed by atoms with Gasteiger partial charge in [0.15, 0.2) is 0 Å². The molecule has 0 aliphatic carbocycles. The Kier molecular flexibility index (Phi) is 6.32. The van der Waals surface area contributed by atoms with Gasteiger partial charge < -0.3 is 9.55 Å². The predicted octanol–water partition coefficient (Wildman–Crippen LogP) is 10.9. The first-order valence-corrected chi connectivity index (χ1v) is 15.9. The normalized spacial score (nSPS) is 11.5. The molecule has 6 aromatic carbocycles. The van der Waals surface area contributed by atoms with Gasteiger partial charge in [0.1, 0.15) is 5.82 Å². The van der Waals surface area contributed by atoms with E-state index in [0.717, 1.165) is 72.5 Å². The lowest BCUT2D eigenvalue weighted by Gasteiger charge is -2.12. The van der Waals surface area contributed by atoms with E-state index in [-0.39, 0.29) is 0 Å². The molecule has 0 fully saturated rings. The fraction of sp³-hybridized carbons (Fsp3) is 0.0233. The van der Waals surface area contributed by atoms with E-state index in [4.69, 9.17) is 9.97 Å². The quantitative estimate of drug-likeness (QED) is 0.213. The standard InChI is InChI=1S/C43H30N4/c1-47-40-21-11-17-34(42(40)46-43(47)37-19-10-18-36-35-16-8-9-20-38(35)45-41(36)37)32-24-31(29-14-6-3-7-15-29)25-33(26-32)39-27-30(22-23-44-39)28-12-4-2-5-13-28/h2-27,45H,1H3. The van der Waals surface area contributed by atoms with Gasteiger partial charge in [-0.3, -0.25) is 4.98 Å². The Morgan fingerprint density at radius 1 is 0.511 bits per heavy atom. The van der Waals surface area contributed by atoms with E-state index in [1.165, 1.54) is 16.3 Å². The summed E-state index contributed by atoms with van der Waals surface area (Å²) in [6, 6.07) is 53.5. The zero-order valence-corrected chi connectivity index (χ0v) is 25.9. The Bertz CT molecular complexity index is 2580. The number of H-pyrrole nitrogens is 1. The van der Waals surface area contributed by atoms with Gasteiger partial charge in [-0.25, -0.2) is 4.98 Å². The van der Waals surface area contributed by atoms with Crippen LogP contribution in [0.1, 0.15) is 0 Å². The first kappa shape index (κ1) is 27.1. The Morgan fingerprint density at radius 2 is 1.17 bits per heavy atom. The van der Waals surface area contributed by atoms with Gasteiger partial charge in [0.25, 0.3) is 0 Å². The number of aromatic amines is 1. The lowest BCUT2D eigenvalue weighted by molar-refractivity contribution is 0.960. The Labute approximate surface area is 272 Å². The third-order valence-electron chi connectivity index (χ3n) is 9.21. The van der Waals surface area contributed by atoms with Crippen LogP contribution in [0.25, 0.3) is 88.9 Å². The predicted molar refractivity (Wildman–Crippen MR) is 195 cm³/mol. The summed E-state index contributed by atoms with van der Waals surface area (Å²) in [5.41, 5.74) is 14.2. The molecule has 0 unspecified atom stereocenters. The van der Waals surface area contributed by atoms with Crippen LogP contribution in [0.15, 0.2) is 158 Å². The molecule has 0 bridgehead atoms. The second-order valence-electron chi connectivity index (χ2n) is 12.0. The minimum absolute atomic E-state index is 0.932. The van der Waals surface area contributed by atoms with E-state index in [1.807, 2.05) is 12.3 Å². The van der Waals surface area contributed by atoms with Crippen LogP contribution in [0.3, 0.4) is 0 Å². The number of aryl methyl sites for hydroxylation is 1. The summed E-state index contributed by atoms with van der Waals surface area (Å²) in [6.45, 7) is 0. The van der Waals surface area contributed by atoms with Gasteiger partial charge in [-0.05, 0) is 76.3 Å². The number of rotatable bonds is 5. The average Bonchev–Trinajstić information content (AvgIpc) is 3.70. The highest BCUT2D eigenvalue weighted by atomic mass is 15.1. The van der Waals surface area contributed by atoms with E-state index in [2.05, 4.69) is 162 Å². The number of nitrogens with zero attached hydrogens (tertiary/aromatic N) is 3. The van der Waals surface area contributed by atoms with Crippen molar-refractivity contribution in [3.8, 4) is 56.0 Å². The van der Waals surface area contributed by atoms with E-state index < -0.39 is 0 Å². The van der Waals surface area contributed by atoms with Crippen molar-refractivity contribution in [1.29, 1.82) is 0 Å². The highest BCUT2D eigenvalue weighted by molar-refractivity contribution is 6.12. The molecule has 0 amide bonds. The van der Waals surface area contributed by atoms with Crippen molar-refractivity contribution >= 4 is 32.8 Å².